The SMILES string of the molecule is CC(Br)C1CCN(C(=O)C2CC2c2ccccc2)CC1. The van der Waals surface area contributed by atoms with E-state index >= 15 is 0 Å². The van der Waals surface area contributed by atoms with Gasteiger partial charge >= 0.3 is 0 Å². The average Bonchev–Trinajstić information content (AvgIpc) is 3.28. The number of nitrogens with zero attached hydrogens (tertiary/aromatic N) is 1. The molecule has 3 atom stereocenters. The Balaban J connectivity index is 1.54. The van der Waals surface area contributed by atoms with Crippen LogP contribution < -0.4 is 0 Å². The van der Waals surface area contributed by atoms with Crippen molar-refractivity contribution in [2.75, 3.05) is 13.1 Å². The van der Waals surface area contributed by atoms with Crippen molar-refractivity contribution in [3.05, 3.63) is 35.9 Å². The molecule has 0 spiro atoms. The molecule has 2 fully saturated rings. The van der Waals surface area contributed by atoms with Crippen LogP contribution in [0.5, 0.6) is 0 Å². The van der Waals surface area contributed by atoms with Gasteiger partial charge in [0.2, 0.25) is 5.91 Å². The Labute approximate surface area is 129 Å². The van der Waals surface area contributed by atoms with Crippen LogP contribution in [0, 0.1) is 11.8 Å². The van der Waals surface area contributed by atoms with E-state index in [-0.39, 0.29) is 5.92 Å². The molecule has 2 aliphatic rings. The minimum atomic E-state index is 0.246. The number of benzene rings is 1. The highest BCUT2D eigenvalue weighted by Gasteiger charge is 2.46. The lowest BCUT2D eigenvalue weighted by atomic mass is 9.94. The van der Waals surface area contributed by atoms with E-state index in [0.29, 0.717) is 16.7 Å². The molecule has 0 aromatic heterocycles. The van der Waals surface area contributed by atoms with E-state index in [0.717, 1.165) is 38.3 Å². The fourth-order valence-electron chi connectivity index (χ4n) is 3.35. The second kappa shape index (κ2) is 5.88. The third-order valence-electron chi connectivity index (χ3n) is 4.84. The number of carbonyl (C=O) groups excluding carboxylic acids is 1. The summed E-state index contributed by atoms with van der Waals surface area (Å²) < 4.78 is 0. The van der Waals surface area contributed by atoms with Gasteiger partial charge in [-0.25, -0.2) is 0 Å². The van der Waals surface area contributed by atoms with Crippen molar-refractivity contribution in [3.63, 3.8) is 0 Å². The number of rotatable bonds is 3. The minimum Gasteiger partial charge on any atom is -0.342 e. The quantitative estimate of drug-likeness (QED) is 0.769. The maximum Gasteiger partial charge on any atom is 0.226 e. The molecule has 3 rings (SSSR count). The van der Waals surface area contributed by atoms with Gasteiger partial charge in [-0.1, -0.05) is 53.2 Å². The van der Waals surface area contributed by atoms with Crippen molar-refractivity contribution in [2.45, 2.75) is 36.9 Å². The van der Waals surface area contributed by atoms with Gasteiger partial charge < -0.3 is 4.90 Å². The molecule has 1 aliphatic carbocycles. The van der Waals surface area contributed by atoms with E-state index in [4.69, 9.17) is 0 Å². The Morgan fingerprint density at radius 3 is 2.50 bits per heavy atom. The van der Waals surface area contributed by atoms with Gasteiger partial charge in [-0.2, -0.15) is 0 Å². The van der Waals surface area contributed by atoms with Gasteiger partial charge in [0.1, 0.15) is 0 Å². The summed E-state index contributed by atoms with van der Waals surface area (Å²) in [7, 11) is 0. The predicted octanol–water partition coefficient (Wildman–Crippen LogP) is 3.81. The van der Waals surface area contributed by atoms with Gasteiger partial charge in [-0.05, 0) is 36.7 Å². The van der Waals surface area contributed by atoms with Gasteiger partial charge in [0.05, 0.1) is 0 Å². The average molecular weight is 336 g/mol. The number of carbonyl (C=O) groups is 1. The van der Waals surface area contributed by atoms with Crippen LogP contribution in [0.3, 0.4) is 0 Å². The second-order valence-corrected chi connectivity index (χ2v) is 7.64. The minimum absolute atomic E-state index is 0.246. The van der Waals surface area contributed by atoms with Crippen LogP contribution in [-0.2, 0) is 4.79 Å². The number of likely N-dealkylation sites (tertiary alicyclic amines) is 1. The summed E-state index contributed by atoms with van der Waals surface area (Å²) in [5.74, 6) is 1.83. The summed E-state index contributed by atoms with van der Waals surface area (Å²) in [6.45, 7) is 4.10. The lowest BCUT2D eigenvalue weighted by Gasteiger charge is -2.33. The van der Waals surface area contributed by atoms with Gasteiger partial charge in [0.25, 0.3) is 0 Å². The lowest BCUT2D eigenvalue weighted by molar-refractivity contribution is -0.134. The molecule has 1 saturated carbocycles. The summed E-state index contributed by atoms with van der Waals surface area (Å²) in [4.78, 5) is 15.2. The monoisotopic (exact) mass is 335 g/mol. The largest absolute Gasteiger partial charge is 0.342 e. The maximum atomic E-state index is 12.5. The number of alkyl halides is 1. The molecular formula is C17H22BrNO. The zero-order valence-corrected chi connectivity index (χ0v) is 13.6. The Kier molecular flexibility index (Phi) is 4.16. The summed E-state index contributed by atoms with van der Waals surface area (Å²) in [5, 5.41) is 0. The van der Waals surface area contributed by atoms with Crippen LogP contribution in [0.2, 0.25) is 0 Å². The first-order chi connectivity index (χ1) is 9.66. The highest BCUT2D eigenvalue weighted by molar-refractivity contribution is 9.09. The molecule has 20 heavy (non-hydrogen) atoms. The molecule has 1 aromatic rings. The van der Waals surface area contributed by atoms with E-state index in [1.54, 1.807) is 0 Å². The van der Waals surface area contributed by atoms with Crippen molar-refractivity contribution >= 4 is 21.8 Å². The zero-order chi connectivity index (χ0) is 14.1. The van der Waals surface area contributed by atoms with Gasteiger partial charge in [-0.15, -0.1) is 0 Å². The molecule has 3 unspecified atom stereocenters. The molecule has 1 amide bonds. The molecule has 0 radical (unpaired) electrons. The van der Waals surface area contributed by atoms with Gasteiger partial charge in [0.15, 0.2) is 0 Å². The first kappa shape index (κ1) is 14.1. The standard InChI is InChI=1S/C17H22BrNO/c1-12(18)13-7-9-19(10-8-13)17(20)16-11-15(16)14-5-3-2-4-6-14/h2-6,12-13,15-16H,7-11H2,1H3. The molecular weight excluding hydrogens is 314 g/mol. The molecule has 3 heteroatoms. The Hall–Kier alpha value is -0.830. The fraction of sp³-hybridized carbons (Fsp3) is 0.588. The second-order valence-electron chi connectivity index (χ2n) is 6.20. The van der Waals surface area contributed by atoms with Crippen molar-refractivity contribution in [1.29, 1.82) is 0 Å². The summed E-state index contributed by atoms with van der Waals surface area (Å²) in [5.41, 5.74) is 1.33. The molecule has 0 bridgehead atoms. The summed E-state index contributed by atoms with van der Waals surface area (Å²) >= 11 is 3.67. The number of piperidine rings is 1. The van der Waals surface area contributed by atoms with E-state index in [2.05, 4.69) is 52.0 Å². The van der Waals surface area contributed by atoms with E-state index in [1.165, 1.54) is 5.56 Å². The Morgan fingerprint density at radius 2 is 1.90 bits per heavy atom. The van der Waals surface area contributed by atoms with Crippen molar-refractivity contribution in [2.24, 2.45) is 11.8 Å². The summed E-state index contributed by atoms with van der Waals surface area (Å²) in [6.07, 6.45) is 3.32. The van der Waals surface area contributed by atoms with Crippen LogP contribution in [0.1, 0.15) is 37.7 Å². The Morgan fingerprint density at radius 1 is 1.25 bits per heavy atom. The molecule has 1 aliphatic heterocycles. The molecule has 0 N–H and O–H groups in total. The zero-order valence-electron chi connectivity index (χ0n) is 12.0. The fourth-order valence-corrected chi connectivity index (χ4v) is 3.88. The van der Waals surface area contributed by atoms with E-state index in [9.17, 15) is 4.79 Å². The van der Waals surface area contributed by atoms with Gasteiger partial charge in [0, 0.05) is 23.8 Å². The molecule has 1 saturated heterocycles. The van der Waals surface area contributed by atoms with Crippen LogP contribution in [0.15, 0.2) is 30.3 Å². The highest BCUT2D eigenvalue weighted by Crippen LogP contribution is 2.48. The normalized spacial score (nSPS) is 28.2. The van der Waals surface area contributed by atoms with Crippen LogP contribution >= 0.6 is 15.9 Å². The first-order valence-electron chi connectivity index (χ1n) is 7.64. The highest BCUT2D eigenvalue weighted by atomic mass is 79.9. The third kappa shape index (κ3) is 2.93. The maximum absolute atomic E-state index is 12.5. The number of hydrogen-bond acceptors (Lipinski definition) is 1. The topological polar surface area (TPSA) is 20.3 Å². The van der Waals surface area contributed by atoms with Gasteiger partial charge in [-0.3, -0.25) is 4.79 Å². The Bertz CT molecular complexity index is 465. The molecule has 1 aromatic carbocycles. The van der Waals surface area contributed by atoms with Crippen LogP contribution in [0.4, 0.5) is 0 Å². The van der Waals surface area contributed by atoms with Crippen molar-refractivity contribution in [3.8, 4) is 0 Å². The molecule has 2 nitrogen and oxygen atoms in total. The smallest absolute Gasteiger partial charge is 0.226 e. The first-order valence-corrected chi connectivity index (χ1v) is 8.56. The van der Waals surface area contributed by atoms with Crippen LogP contribution in [0.25, 0.3) is 0 Å². The third-order valence-corrected chi connectivity index (χ3v) is 5.58. The summed E-state index contributed by atoms with van der Waals surface area (Å²) in [6, 6.07) is 10.5. The number of halogens is 1. The predicted molar refractivity (Wildman–Crippen MR) is 85.0 cm³/mol. The van der Waals surface area contributed by atoms with E-state index < -0.39 is 0 Å². The van der Waals surface area contributed by atoms with E-state index in [1.807, 2.05) is 6.07 Å². The van der Waals surface area contributed by atoms with Crippen molar-refractivity contribution < 1.29 is 4.79 Å². The number of amides is 1. The molecule has 108 valence electrons. The number of hydrogen-bond donors (Lipinski definition) is 0. The van der Waals surface area contributed by atoms with Crippen molar-refractivity contribution in [1.82, 2.24) is 4.90 Å². The van der Waals surface area contributed by atoms with Crippen LogP contribution in [-0.4, -0.2) is 28.7 Å². The lowest BCUT2D eigenvalue weighted by Crippen LogP contribution is -2.40. The molecule has 1 heterocycles.